The number of nitrogens with one attached hydrogen (secondary N) is 1. The lowest BCUT2D eigenvalue weighted by atomic mass is 10.2. The van der Waals surface area contributed by atoms with Crippen molar-refractivity contribution in [2.45, 2.75) is 23.3 Å². The summed E-state index contributed by atoms with van der Waals surface area (Å²) in [7, 11) is -3.96. The fourth-order valence-corrected chi connectivity index (χ4v) is 4.66. The SMILES string of the molecule is C[C@@H](O)[C@H](NS(=O)(=O)c1sccc1Br)C(=O)O. The van der Waals surface area contributed by atoms with Crippen LogP contribution in [0, 0.1) is 0 Å². The summed E-state index contributed by atoms with van der Waals surface area (Å²) in [5.74, 6) is -1.43. The zero-order valence-electron chi connectivity index (χ0n) is 8.62. The first kappa shape index (κ1) is 14.6. The minimum atomic E-state index is -3.96. The predicted octanol–water partition coefficient (Wildman–Crippen LogP) is 0.623. The van der Waals surface area contributed by atoms with Crippen LogP contribution in [-0.2, 0) is 14.8 Å². The normalized spacial score (nSPS) is 15.5. The first-order chi connectivity index (χ1) is 7.75. The summed E-state index contributed by atoms with van der Waals surface area (Å²) in [6.07, 6.45) is -1.33. The van der Waals surface area contributed by atoms with E-state index in [0.29, 0.717) is 4.47 Å². The van der Waals surface area contributed by atoms with Crippen LogP contribution >= 0.6 is 27.3 Å². The van der Waals surface area contributed by atoms with E-state index in [1.807, 2.05) is 4.72 Å². The van der Waals surface area contributed by atoms with E-state index in [9.17, 15) is 18.3 Å². The molecule has 0 spiro atoms. The Bertz CT molecular complexity index is 510. The Morgan fingerprint density at radius 2 is 2.18 bits per heavy atom. The number of hydrogen-bond donors (Lipinski definition) is 3. The highest BCUT2D eigenvalue weighted by molar-refractivity contribution is 9.10. The number of aliphatic hydroxyl groups is 1. The van der Waals surface area contributed by atoms with Crippen LogP contribution < -0.4 is 4.72 Å². The van der Waals surface area contributed by atoms with Gasteiger partial charge in [0.25, 0.3) is 10.0 Å². The molecule has 0 saturated carbocycles. The van der Waals surface area contributed by atoms with Crippen LogP contribution in [0.25, 0.3) is 0 Å². The van der Waals surface area contributed by atoms with Crippen molar-refractivity contribution in [3.63, 3.8) is 0 Å². The Balaban J connectivity index is 3.01. The second kappa shape index (κ2) is 5.44. The van der Waals surface area contributed by atoms with E-state index in [1.165, 1.54) is 13.0 Å². The minimum absolute atomic E-state index is 0.0237. The molecule has 0 amide bonds. The Labute approximate surface area is 110 Å². The van der Waals surface area contributed by atoms with Gasteiger partial charge in [0.15, 0.2) is 0 Å². The minimum Gasteiger partial charge on any atom is -0.480 e. The van der Waals surface area contributed by atoms with Gasteiger partial charge < -0.3 is 10.2 Å². The third kappa shape index (κ3) is 3.49. The number of halogens is 1. The number of thiophene rings is 1. The fourth-order valence-electron chi connectivity index (χ4n) is 1.05. The molecule has 0 aliphatic heterocycles. The van der Waals surface area contributed by atoms with Gasteiger partial charge in [-0.3, -0.25) is 4.79 Å². The molecule has 0 radical (unpaired) electrons. The Hall–Kier alpha value is -0.480. The number of sulfonamides is 1. The molecule has 6 nitrogen and oxygen atoms in total. The number of rotatable bonds is 5. The number of hydrogen-bond acceptors (Lipinski definition) is 5. The van der Waals surface area contributed by atoms with Crippen molar-refractivity contribution in [3.8, 4) is 0 Å². The molecular weight excluding hydrogens is 334 g/mol. The predicted molar refractivity (Wildman–Crippen MR) is 65.4 cm³/mol. The quantitative estimate of drug-likeness (QED) is 0.727. The third-order valence-electron chi connectivity index (χ3n) is 1.86. The van der Waals surface area contributed by atoms with E-state index in [2.05, 4.69) is 15.9 Å². The number of carbonyl (C=O) groups is 1. The van der Waals surface area contributed by atoms with E-state index in [-0.39, 0.29) is 4.21 Å². The maximum atomic E-state index is 11.8. The van der Waals surface area contributed by atoms with Crippen LogP contribution in [0.3, 0.4) is 0 Å². The van der Waals surface area contributed by atoms with Gasteiger partial charge in [-0.1, -0.05) is 0 Å². The number of aliphatic hydroxyl groups excluding tert-OH is 1. The molecule has 1 aromatic heterocycles. The van der Waals surface area contributed by atoms with Crippen molar-refractivity contribution in [3.05, 3.63) is 15.9 Å². The maximum absolute atomic E-state index is 11.8. The summed E-state index contributed by atoms with van der Waals surface area (Å²) in [6, 6.07) is -0.0359. The van der Waals surface area contributed by atoms with E-state index in [4.69, 9.17) is 5.11 Å². The summed E-state index contributed by atoms with van der Waals surface area (Å²) in [5, 5.41) is 19.5. The molecule has 9 heteroatoms. The summed E-state index contributed by atoms with van der Waals surface area (Å²) < 4.78 is 25.9. The van der Waals surface area contributed by atoms with E-state index < -0.39 is 28.1 Å². The van der Waals surface area contributed by atoms with Crippen LogP contribution in [-0.4, -0.2) is 36.7 Å². The second-order valence-corrected chi connectivity index (χ2v) is 6.91. The van der Waals surface area contributed by atoms with E-state index >= 15 is 0 Å². The van der Waals surface area contributed by atoms with Gasteiger partial charge in [0.05, 0.1) is 6.10 Å². The molecule has 1 aromatic rings. The van der Waals surface area contributed by atoms with Gasteiger partial charge in [-0.05, 0) is 34.3 Å². The molecule has 0 fully saturated rings. The Morgan fingerprint density at radius 3 is 2.53 bits per heavy atom. The second-order valence-electron chi connectivity index (χ2n) is 3.23. The molecule has 0 aliphatic rings. The highest BCUT2D eigenvalue weighted by atomic mass is 79.9. The van der Waals surface area contributed by atoms with Gasteiger partial charge in [-0.15, -0.1) is 11.3 Å². The lowest BCUT2D eigenvalue weighted by molar-refractivity contribution is -0.141. The molecule has 2 atom stereocenters. The third-order valence-corrected chi connectivity index (χ3v) is 5.97. The molecule has 17 heavy (non-hydrogen) atoms. The standard InChI is InChI=1S/C8H10BrNO5S2/c1-4(11)6(7(12)13)10-17(14,15)8-5(9)2-3-16-8/h2-4,6,10-11H,1H3,(H,12,13)/t4-,6+/m1/s1. The molecule has 0 aliphatic carbocycles. The number of carboxylic acids is 1. The van der Waals surface area contributed by atoms with Crippen LogP contribution in [0.5, 0.6) is 0 Å². The monoisotopic (exact) mass is 343 g/mol. The molecule has 0 saturated heterocycles. The lowest BCUT2D eigenvalue weighted by Crippen LogP contribution is -2.47. The largest absolute Gasteiger partial charge is 0.480 e. The zero-order chi connectivity index (χ0) is 13.2. The van der Waals surface area contributed by atoms with Crippen LogP contribution in [0.15, 0.2) is 20.1 Å². The van der Waals surface area contributed by atoms with Gasteiger partial charge in [-0.2, -0.15) is 4.72 Å². The van der Waals surface area contributed by atoms with Crippen LogP contribution in [0.2, 0.25) is 0 Å². The highest BCUT2D eigenvalue weighted by Gasteiger charge is 2.30. The van der Waals surface area contributed by atoms with Gasteiger partial charge in [0.1, 0.15) is 10.3 Å². The Morgan fingerprint density at radius 1 is 1.59 bits per heavy atom. The van der Waals surface area contributed by atoms with Crippen molar-refractivity contribution in [2.75, 3.05) is 0 Å². The average molecular weight is 344 g/mol. The summed E-state index contributed by atoms with van der Waals surface area (Å²) >= 11 is 4.00. The molecule has 3 N–H and O–H groups in total. The number of carboxylic acid groups (broad SMARTS) is 1. The maximum Gasteiger partial charge on any atom is 0.324 e. The van der Waals surface area contributed by atoms with Crippen LogP contribution in [0.1, 0.15) is 6.92 Å². The molecular formula is C8H10BrNO5S2. The summed E-state index contributed by atoms with van der Waals surface area (Å²) in [4.78, 5) is 10.8. The van der Waals surface area contributed by atoms with Crippen molar-refractivity contribution in [1.82, 2.24) is 4.72 Å². The van der Waals surface area contributed by atoms with Gasteiger partial charge in [0.2, 0.25) is 0 Å². The first-order valence-electron chi connectivity index (χ1n) is 4.42. The summed E-state index contributed by atoms with van der Waals surface area (Å²) in [6.45, 7) is 1.20. The van der Waals surface area contributed by atoms with Crippen molar-refractivity contribution < 1.29 is 23.4 Å². The van der Waals surface area contributed by atoms with Crippen LogP contribution in [0.4, 0.5) is 0 Å². The molecule has 0 unspecified atom stereocenters. The topological polar surface area (TPSA) is 104 Å². The molecule has 0 bridgehead atoms. The highest BCUT2D eigenvalue weighted by Crippen LogP contribution is 2.27. The van der Waals surface area contributed by atoms with Crippen molar-refractivity contribution in [2.24, 2.45) is 0 Å². The zero-order valence-corrected chi connectivity index (χ0v) is 11.8. The molecule has 0 aromatic carbocycles. The smallest absolute Gasteiger partial charge is 0.324 e. The van der Waals surface area contributed by atoms with Crippen molar-refractivity contribution in [1.29, 1.82) is 0 Å². The molecule has 96 valence electrons. The van der Waals surface area contributed by atoms with Gasteiger partial charge >= 0.3 is 5.97 Å². The van der Waals surface area contributed by atoms with E-state index in [1.54, 1.807) is 5.38 Å². The Kier molecular flexibility index (Phi) is 4.67. The first-order valence-corrected chi connectivity index (χ1v) is 7.57. The average Bonchev–Trinajstić information content (AvgIpc) is 2.60. The lowest BCUT2D eigenvalue weighted by Gasteiger charge is -2.16. The van der Waals surface area contributed by atoms with Crippen molar-refractivity contribution >= 4 is 43.3 Å². The fraction of sp³-hybridized carbons (Fsp3) is 0.375. The number of aliphatic carboxylic acids is 1. The summed E-state index contributed by atoms with van der Waals surface area (Å²) in [5.41, 5.74) is 0. The van der Waals surface area contributed by atoms with Gasteiger partial charge in [0, 0.05) is 4.47 Å². The van der Waals surface area contributed by atoms with Gasteiger partial charge in [-0.25, -0.2) is 8.42 Å². The molecule has 1 heterocycles. The van der Waals surface area contributed by atoms with E-state index in [0.717, 1.165) is 11.3 Å². The molecule has 1 rings (SSSR count).